The van der Waals surface area contributed by atoms with Crippen molar-refractivity contribution in [1.82, 2.24) is 5.32 Å². The Bertz CT molecular complexity index is 935. The average molecular weight is 392 g/mol. The Morgan fingerprint density at radius 1 is 1.11 bits per heavy atom. The lowest BCUT2D eigenvalue weighted by Crippen LogP contribution is -2.37. The Hall–Kier alpha value is -2.79. The number of hydrogen-bond donors (Lipinski definition) is 1. The third-order valence-corrected chi connectivity index (χ3v) is 6.16. The van der Waals surface area contributed by atoms with Gasteiger partial charge in [-0.15, -0.1) is 11.3 Å². The number of amides is 1. The van der Waals surface area contributed by atoms with Gasteiger partial charge in [0.2, 0.25) is 0 Å². The molecule has 1 aliphatic heterocycles. The van der Waals surface area contributed by atoms with Crippen LogP contribution in [0, 0.1) is 0 Å². The van der Waals surface area contributed by atoms with Gasteiger partial charge in [-0.2, -0.15) is 0 Å². The second kappa shape index (κ2) is 8.07. The molecule has 0 fully saturated rings. The number of carbonyl (C=O) groups excluding carboxylic acids is 1. The molecule has 28 heavy (non-hydrogen) atoms. The van der Waals surface area contributed by atoms with E-state index in [-0.39, 0.29) is 11.9 Å². The van der Waals surface area contributed by atoms with Gasteiger partial charge in [0.1, 0.15) is 0 Å². The monoisotopic (exact) mass is 391 g/mol. The second-order valence-corrected chi connectivity index (χ2v) is 8.21. The summed E-state index contributed by atoms with van der Waals surface area (Å²) in [7, 11) is 4.09. The normalized spacial score (nSPS) is 13.9. The van der Waals surface area contributed by atoms with Gasteiger partial charge in [0.25, 0.3) is 5.91 Å². The number of rotatable bonds is 6. The van der Waals surface area contributed by atoms with Gasteiger partial charge in [-0.1, -0.05) is 36.4 Å². The van der Waals surface area contributed by atoms with Gasteiger partial charge in [0.05, 0.1) is 10.9 Å². The number of nitrogens with zero attached hydrogens (tertiary/aromatic N) is 2. The highest BCUT2D eigenvalue weighted by atomic mass is 32.1. The molecule has 1 aliphatic rings. The van der Waals surface area contributed by atoms with E-state index >= 15 is 0 Å². The summed E-state index contributed by atoms with van der Waals surface area (Å²) in [5.41, 5.74) is 5.04. The fourth-order valence-corrected chi connectivity index (χ4v) is 4.41. The van der Waals surface area contributed by atoms with Crippen molar-refractivity contribution in [1.29, 1.82) is 0 Å². The van der Waals surface area contributed by atoms with E-state index in [9.17, 15) is 4.79 Å². The molecule has 4 nitrogen and oxygen atoms in total. The molecule has 0 bridgehead atoms. The Morgan fingerprint density at radius 3 is 2.61 bits per heavy atom. The van der Waals surface area contributed by atoms with Gasteiger partial charge in [0, 0.05) is 38.6 Å². The van der Waals surface area contributed by atoms with Crippen LogP contribution < -0.4 is 15.1 Å². The molecule has 3 aromatic rings. The van der Waals surface area contributed by atoms with Gasteiger partial charge in [-0.05, 0) is 47.2 Å². The fourth-order valence-electron chi connectivity index (χ4n) is 3.77. The first-order chi connectivity index (χ1) is 13.6. The number of carbonyl (C=O) groups is 1. The minimum absolute atomic E-state index is 0.00241. The summed E-state index contributed by atoms with van der Waals surface area (Å²) in [5.74, 6) is -0.00241. The number of benzene rings is 2. The van der Waals surface area contributed by atoms with Gasteiger partial charge < -0.3 is 15.1 Å². The van der Waals surface area contributed by atoms with Crippen molar-refractivity contribution < 1.29 is 4.79 Å². The number of nitrogens with one attached hydrogen (secondary N) is 1. The highest BCUT2D eigenvalue weighted by Gasteiger charge is 2.27. The number of anilines is 2. The molecule has 144 valence electrons. The summed E-state index contributed by atoms with van der Waals surface area (Å²) in [6.45, 7) is 1.54. The summed E-state index contributed by atoms with van der Waals surface area (Å²) < 4.78 is 0. The standard InChI is InChI=1S/C23H25N3OS/c1-25(2)19-11-9-18(10-12-19)21(16-24-23(27)22-8-5-15-28-22)26-14-13-17-6-3-4-7-20(17)26/h3-12,15,21H,13-14,16H2,1-2H3,(H,24,27)/t21-/m0/s1. The van der Waals surface area contributed by atoms with Gasteiger partial charge >= 0.3 is 0 Å². The SMILES string of the molecule is CN(C)c1ccc([C@H](CNC(=O)c2cccs2)N2CCc3ccccc32)cc1. The van der Waals surface area contributed by atoms with Crippen LogP contribution >= 0.6 is 11.3 Å². The quantitative estimate of drug-likeness (QED) is 0.679. The molecule has 1 atom stereocenters. The predicted molar refractivity (Wildman–Crippen MR) is 118 cm³/mol. The minimum Gasteiger partial charge on any atom is -0.378 e. The van der Waals surface area contributed by atoms with E-state index in [0.717, 1.165) is 17.8 Å². The summed E-state index contributed by atoms with van der Waals surface area (Å²) in [6, 6.07) is 21.1. The van der Waals surface area contributed by atoms with Crippen LogP contribution in [0.1, 0.15) is 26.8 Å². The zero-order chi connectivity index (χ0) is 19.5. The molecule has 0 spiro atoms. The Balaban J connectivity index is 1.60. The Kier molecular flexibility index (Phi) is 5.35. The maximum absolute atomic E-state index is 12.5. The number of thiophene rings is 1. The summed E-state index contributed by atoms with van der Waals surface area (Å²) >= 11 is 1.47. The van der Waals surface area contributed by atoms with Crippen molar-refractivity contribution in [3.8, 4) is 0 Å². The second-order valence-electron chi connectivity index (χ2n) is 7.26. The van der Waals surface area contributed by atoms with Gasteiger partial charge in [-0.3, -0.25) is 4.79 Å². The molecule has 5 heteroatoms. The minimum atomic E-state index is -0.00241. The lowest BCUT2D eigenvalue weighted by Gasteiger charge is -2.31. The molecular formula is C23H25N3OS. The highest BCUT2D eigenvalue weighted by Crippen LogP contribution is 2.35. The summed E-state index contributed by atoms with van der Waals surface area (Å²) in [6.07, 6.45) is 1.04. The molecular weight excluding hydrogens is 366 g/mol. The van der Waals surface area contributed by atoms with E-state index in [1.165, 1.54) is 33.8 Å². The van der Waals surface area contributed by atoms with E-state index in [2.05, 4.69) is 63.6 Å². The van der Waals surface area contributed by atoms with Crippen molar-refractivity contribution in [2.45, 2.75) is 12.5 Å². The van der Waals surface area contributed by atoms with Gasteiger partial charge in [-0.25, -0.2) is 0 Å². The largest absolute Gasteiger partial charge is 0.378 e. The first kappa shape index (κ1) is 18.6. The van der Waals surface area contributed by atoms with Crippen molar-refractivity contribution in [2.24, 2.45) is 0 Å². The van der Waals surface area contributed by atoms with Crippen LogP contribution in [-0.4, -0.2) is 33.1 Å². The maximum atomic E-state index is 12.5. The fraction of sp³-hybridized carbons (Fsp3) is 0.261. The molecule has 4 rings (SSSR count). The third kappa shape index (κ3) is 3.76. The zero-order valence-electron chi connectivity index (χ0n) is 16.3. The summed E-state index contributed by atoms with van der Waals surface area (Å²) in [4.78, 5) is 17.8. The smallest absolute Gasteiger partial charge is 0.261 e. The molecule has 2 heterocycles. The van der Waals surface area contributed by atoms with Crippen molar-refractivity contribution in [3.63, 3.8) is 0 Å². The van der Waals surface area contributed by atoms with Crippen LogP contribution in [-0.2, 0) is 6.42 Å². The molecule has 1 aromatic heterocycles. The van der Waals surface area contributed by atoms with Crippen molar-refractivity contribution in [2.75, 3.05) is 37.0 Å². The van der Waals surface area contributed by atoms with E-state index in [1.807, 2.05) is 31.6 Å². The molecule has 0 saturated carbocycles. The predicted octanol–water partition coefficient (Wildman–Crippen LogP) is 4.35. The first-order valence-corrected chi connectivity index (χ1v) is 10.4. The van der Waals surface area contributed by atoms with Gasteiger partial charge in [0.15, 0.2) is 0 Å². The third-order valence-electron chi connectivity index (χ3n) is 5.29. The average Bonchev–Trinajstić information content (AvgIpc) is 3.39. The molecule has 0 aliphatic carbocycles. The molecule has 0 radical (unpaired) electrons. The Morgan fingerprint density at radius 2 is 1.89 bits per heavy atom. The van der Waals surface area contributed by atoms with Crippen molar-refractivity contribution >= 4 is 28.6 Å². The number of para-hydroxylation sites is 1. The van der Waals surface area contributed by atoms with Crippen LogP contribution in [0.25, 0.3) is 0 Å². The molecule has 2 aromatic carbocycles. The lowest BCUT2D eigenvalue weighted by molar-refractivity contribution is 0.0955. The Labute approximate surface area is 170 Å². The highest BCUT2D eigenvalue weighted by molar-refractivity contribution is 7.12. The van der Waals surface area contributed by atoms with Crippen LogP contribution in [0.15, 0.2) is 66.0 Å². The maximum Gasteiger partial charge on any atom is 0.261 e. The number of hydrogen-bond acceptors (Lipinski definition) is 4. The lowest BCUT2D eigenvalue weighted by atomic mass is 10.0. The molecule has 1 N–H and O–H groups in total. The first-order valence-electron chi connectivity index (χ1n) is 9.57. The topological polar surface area (TPSA) is 35.6 Å². The van der Waals surface area contributed by atoms with Crippen LogP contribution in [0.2, 0.25) is 0 Å². The summed E-state index contributed by atoms with van der Waals surface area (Å²) in [5, 5.41) is 5.08. The zero-order valence-corrected chi connectivity index (χ0v) is 17.1. The van der Waals surface area contributed by atoms with Crippen LogP contribution in [0.3, 0.4) is 0 Å². The van der Waals surface area contributed by atoms with E-state index in [1.54, 1.807) is 0 Å². The molecule has 1 amide bonds. The van der Waals surface area contributed by atoms with Crippen LogP contribution in [0.5, 0.6) is 0 Å². The van der Waals surface area contributed by atoms with E-state index in [0.29, 0.717) is 6.54 Å². The molecule has 0 unspecified atom stereocenters. The van der Waals surface area contributed by atoms with E-state index in [4.69, 9.17) is 0 Å². The van der Waals surface area contributed by atoms with Crippen molar-refractivity contribution in [3.05, 3.63) is 82.0 Å². The van der Waals surface area contributed by atoms with E-state index < -0.39 is 0 Å². The van der Waals surface area contributed by atoms with Crippen LogP contribution in [0.4, 0.5) is 11.4 Å². The number of fused-ring (bicyclic) bond motifs is 1. The molecule has 0 saturated heterocycles.